The van der Waals surface area contributed by atoms with E-state index in [-0.39, 0.29) is 24.4 Å². The molecule has 4 heterocycles. The molecule has 0 unspecified atom stereocenters. The molecule has 0 aromatic carbocycles. The fraction of sp³-hybridized carbons (Fsp3) is 0.611. The van der Waals surface area contributed by atoms with Gasteiger partial charge in [0.05, 0.1) is 11.7 Å². The van der Waals surface area contributed by atoms with Crippen molar-refractivity contribution in [2.75, 3.05) is 11.9 Å². The highest BCUT2D eigenvalue weighted by molar-refractivity contribution is 5.77. The molecule has 4 rings (SSSR count). The molecule has 2 aliphatic rings. The average Bonchev–Trinajstić information content (AvgIpc) is 3.36. The van der Waals surface area contributed by atoms with E-state index in [9.17, 15) is 18.0 Å². The fourth-order valence-electron chi connectivity index (χ4n) is 4.10. The predicted octanol–water partition coefficient (Wildman–Crippen LogP) is 3.14. The molecule has 152 valence electrons. The van der Waals surface area contributed by atoms with Crippen molar-refractivity contribution >= 4 is 11.7 Å². The number of aromatic nitrogens is 4. The Bertz CT molecular complexity index is 831. The summed E-state index contributed by atoms with van der Waals surface area (Å²) in [5.41, 5.74) is 0.524. The molecule has 1 amide bonds. The summed E-state index contributed by atoms with van der Waals surface area (Å²) in [6.45, 7) is 2.80. The van der Waals surface area contributed by atoms with Crippen LogP contribution >= 0.6 is 0 Å². The van der Waals surface area contributed by atoms with Gasteiger partial charge in [-0.2, -0.15) is 23.4 Å². The first-order valence-electron chi connectivity index (χ1n) is 9.52. The zero-order valence-corrected chi connectivity index (χ0v) is 15.6. The topological polar surface area (TPSA) is 68.0 Å². The normalized spacial score (nSPS) is 24.9. The molecule has 1 N–H and O–H groups in total. The minimum absolute atomic E-state index is 0.0299. The number of carbonyl (C=O) groups excluding carboxylic acids is 1. The van der Waals surface area contributed by atoms with Gasteiger partial charge in [-0.1, -0.05) is 0 Å². The summed E-state index contributed by atoms with van der Waals surface area (Å²) in [6, 6.07) is 1.24. The predicted molar refractivity (Wildman–Crippen MR) is 95.6 cm³/mol. The smallest absolute Gasteiger partial charge is 0.368 e. The first kappa shape index (κ1) is 18.8. The molecule has 1 saturated heterocycles. The highest BCUT2D eigenvalue weighted by Gasteiger charge is 2.46. The van der Waals surface area contributed by atoms with Crippen LogP contribution in [0.5, 0.6) is 0 Å². The van der Waals surface area contributed by atoms with Crippen LogP contribution in [0, 0.1) is 0 Å². The van der Waals surface area contributed by atoms with Gasteiger partial charge in [0, 0.05) is 44.0 Å². The number of carbonyl (C=O) groups is 1. The molecule has 3 atom stereocenters. The van der Waals surface area contributed by atoms with Gasteiger partial charge in [-0.15, -0.1) is 0 Å². The van der Waals surface area contributed by atoms with Crippen LogP contribution in [-0.4, -0.2) is 49.1 Å². The van der Waals surface area contributed by atoms with E-state index in [1.807, 2.05) is 0 Å². The fourth-order valence-corrected chi connectivity index (χ4v) is 4.10. The lowest BCUT2D eigenvalue weighted by molar-refractivity contribution is -0.173. The van der Waals surface area contributed by atoms with Gasteiger partial charge in [0.1, 0.15) is 5.82 Å². The highest BCUT2D eigenvalue weighted by atomic mass is 19.4. The van der Waals surface area contributed by atoms with E-state index in [1.165, 1.54) is 0 Å². The summed E-state index contributed by atoms with van der Waals surface area (Å²) in [7, 11) is 0. The number of nitrogens with zero attached hydrogens (tertiary/aromatic N) is 5. The van der Waals surface area contributed by atoms with Gasteiger partial charge in [-0.3, -0.25) is 9.48 Å². The molecular formula is C18H23F3N6O. The molecular weight excluding hydrogens is 373 g/mol. The molecule has 10 heteroatoms. The zero-order valence-electron chi connectivity index (χ0n) is 15.6. The van der Waals surface area contributed by atoms with E-state index >= 15 is 0 Å². The van der Waals surface area contributed by atoms with Crippen molar-refractivity contribution in [1.29, 1.82) is 0 Å². The van der Waals surface area contributed by atoms with Crippen LogP contribution in [0.3, 0.4) is 0 Å². The maximum atomic E-state index is 13.5. The second-order valence-electron chi connectivity index (χ2n) is 7.50. The Labute approximate surface area is 160 Å². The third kappa shape index (κ3) is 3.59. The van der Waals surface area contributed by atoms with Gasteiger partial charge in [-0.25, -0.2) is 4.68 Å². The van der Waals surface area contributed by atoms with E-state index in [2.05, 4.69) is 15.5 Å². The number of fused-ring (bicyclic) bond motifs is 1. The van der Waals surface area contributed by atoms with Crippen molar-refractivity contribution in [3.05, 3.63) is 30.2 Å². The van der Waals surface area contributed by atoms with Crippen molar-refractivity contribution in [2.24, 2.45) is 0 Å². The minimum Gasteiger partial charge on any atom is -0.368 e. The van der Waals surface area contributed by atoms with E-state index in [0.29, 0.717) is 37.4 Å². The monoisotopic (exact) mass is 396 g/mol. The van der Waals surface area contributed by atoms with E-state index in [1.54, 1.807) is 41.0 Å². The molecule has 0 bridgehead atoms. The first-order chi connectivity index (χ1) is 13.3. The van der Waals surface area contributed by atoms with Crippen molar-refractivity contribution in [1.82, 2.24) is 24.5 Å². The van der Waals surface area contributed by atoms with E-state index < -0.39 is 12.2 Å². The van der Waals surface area contributed by atoms with E-state index in [4.69, 9.17) is 0 Å². The lowest BCUT2D eigenvalue weighted by Gasteiger charge is -2.31. The molecule has 7 nitrogen and oxygen atoms in total. The number of rotatable bonds is 4. The van der Waals surface area contributed by atoms with Crippen LogP contribution < -0.4 is 5.32 Å². The minimum atomic E-state index is -4.36. The van der Waals surface area contributed by atoms with Gasteiger partial charge in [-0.05, 0) is 32.3 Å². The van der Waals surface area contributed by atoms with Crippen LogP contribution in [0.4, 0.5) is 19.0 Å². The van der Waals surface area contributed by atoms with Crippen LogP contribution in [-0.2, 0) is 11.3 Å². The molecule has 0 aliphatic carbocycles. The van der Waals surface area contributed by atoms with Crippen LogP contribution in [0.1, 0.15) is 50.4 Å². The zero-order chi connectivity index (χ0) is 19.9. The molecule has 1 fully saturated rings. The molecule has 0 spiro atoms. The lowest BCUT2D eigenvalue weighted by Crippen LogP contribution is -2.38. The first-order valence-corrected chi connectivity index (χ1v) is 9.52. The Morgan fingerprint density at radius 3 is 2.93 bits per heavy atom. The number of hydrogen-bond donors (Lipinski definition) is 1. The van der Waals surface area contributed by atoms with Crippen molar-refractivity contribution in [3.63, 3.8) is 0 Å². The van der Waals surface area contributed by atoms with Gasteiger partial charge >= 0.3 is 6.18 Å². The summed E-state index contributed by atoms with van der Waals surface area (Å²) in [5.74, 6) is 0.338. The number of anilines is 1. The molecule has 2 aromatic rings. The highest BCUT2D eigenvalue weighted by Crippen LogP contribution is 2.41. The van der Waals surface area contributed by atoms with Gasteiger partial charge < -0.3 is 10.2 Å². The van der Waals surface area contributed by atoms with Crippen LogP contribution in [0.15, 0.2) is 24.5 Å². The largest absolute Gasteiger partial charge is 0.410 e. The van der Waals surface area contributed by atoms with Crippen LogP contribution in [0.2, 0.25) is 0 Å². The van der Waals surface area contributed by atoms with Crippen LogP contribution in [0.25, 0.3) is 0 Å². The number of alkyl halides is 3. The average molecular weight is 396 g/mol. The molecule has 28 heavy (non-hydrogen) atoms. The summed E-state index contributed by atoms with van der Waals surface area (Å²) in [6.07, 6.45) is 0.847. The molecule has 0 saturated carbocycles. The van der Waals surface area contributed by atoms with Crippen molar-refractivity contribution < 1.29 is 18.0 Å². The Hall–Kier alpha value is -2.52. The summed E-state index contributed by atoms with van der Waals surface area (Å²) in [4.78, 5) is 14.4. The number of hydrogen-bond acceptors (Lipinski definition) is 4. The maximum Gasteiger partial charge on any atom is 0.410 e. The van der Waals surface area contributed by atoms with Crippen molar-refractivity contribution in [2.45, 2.75) is 63.5 Å². The number of aryl methyl sites for hydroxylation is 1. The number of amides is 1. The summed E-state index contributed by atoms with van der Waals surface area (Å²) in [5, 5.41) is 11.4. The Balaban J connectivity index is 1.53. The Morgan fingerprint density at radius 2 is 2.21 bits per heavy atom. The SMILES string of the molecule is C[C@@H]1C[C@H](C(F)(F)F)n2nc([C@@H]3CCCN3C(=O)CCn3cccn3)cc2N1. The number of halogens is 3. The third-order valence-electron chi connectivity index (χ3n) is 5.43. The van der Waals surface area contributed by atoms with Gasteiger partial charge in [0.2, 0.25) is 5.91 Å². The standard InChI is InChI=1S/C18H23F3N6O/c1-12-10-15(18(19,20)21)27-16(23-12)11-13(24-27)14-4-2-8-26(14)17(28)5-9-25-7-3-6-22-25/h3,6-7,11-12,14-15,23H,2,4-5,8-10H2,1H3/t12-,14+,15-/m1/s1. The summed E-state index contributed by atoms with van der Waals surface area (Å²) < 4.78 is 43.1. The maximum absolute atomic E-state index is 13.5. The number of likely N-dealkylation sites (tertiary alicyclic amines) is 1. The Morgan fingerprint density at radius 1 is 1.39 bits per heavy atom. The van der Waals surface area contributed by atoms with Gasteiger partial charge in [0.25, 0.3) is 0 Å². The quantitative estimate of drug-likeness (QED) is 0.862. The lowest BCUT2D eigenvalue weighted by atomic mass is 10.1. The molecule has 2 aliphatic heterocycles. The Kier molecular flexibility index (Phi) is 4.80. The summed E-state index contributed by atoms with van der Waals surface area (Å²) >= 11 is 0. The second-order valence-corrected chi connectivity index (χ2v) is 7.50. The molecule has 0 radical (unpaired) electrons. The van der Waals surface area contributed by atoms with E-state index in [0.717, 1.165) is 11.1 Å². The second kappa shape index (κ2) is 7.14. The third-order valence-corrected chi connectivity index (χ3v) is 5.43. The number of nitrogens with one attached hydrogen (secondary N) is 1. The molecule has 2 aromatic heterocycles. The van der Waals surface area contributed by atoms with Crippen molar-refractivity contribution in [3.8, 4) is 0 Å². The van der Waals surface area contributed by atoms with Gasteiger partial charge in [0.15, 0.2) is 6.04 Å².